The van der Waals surface area contributed by atoms with Crippen LogP contribution in [0.4, 0.5) is 18.9 Å². The van der Waals surface area contributed by atoms with Gasteiger partial charge in [-0.1, -0.05) is 6.92 Å². The Morgan fingerprint density at radius 3 is 2.70 bits per heavy atom. The summed E-state index contributed by atoms with van der Waals surface area (Å²) in [5.74, 6) is 0. The third-order valence-electron chi connectivity index (χ3n) is 2.83. The molecule has 0 amide bonds. The number of aromatic nitrogens is 4. The van der Waals surface area contributed by atoms with Gasteiger partial charge in [-0.25, -0.2) is 0 Å². The average Bonchev–Trinajstić information content (AvgIpc) is 2.93. The molecule has 0 atom stereocenters. The fraction of sp³-hybridized carbons (Fsp3) is 0.500. The molecule has 0 aliphatic rings. The summed E-state index contributed by atoms with van der Waals surface area (Å²) in [6.07, 6.45) is 0.0288. The zero-order chi connectivity index (χ0) is 14.8. The standard InChI is InChI=1S/C12H16F3N5/c1-3-4-20-8-9(6-17-20)16-7-10-5-11(12(13,14)15)18-19(10)2/h5-6,8,16H,3-4,7H2,1-2H3. The number of hydrogen-bond donors (Lipinski definition) is 1. The number of nitrogens with one attached hydrogen (secondary N) is 1. The van der Waals surface area contributed by atoms with Crippen LogP contribution < -0.4 is 5.32 Å². The van der Waals surface area contributed by atoms with Gasteiger partial charge in [0.1, 0.15) is 0 Å². The highest BCUT2D eigenvalue weighted by Gasteiger charge is 2.34. The Morgan fingerprint density at radius 1 is 1.35 bits per heavy atom. The zero-order valence-electron chi connectivity index (χ0n) is 11.3. The van der Waals surface area contributed by atoms with E-state index in [-0.39, 0.29) is 6.54 Å². The maximum absolute atomic E-state index is 12.5. The monoisotopic (exact) mass is 287 g/mol. The van der Waals surface area contributed by atoms with Gasteiger partial charge in [0.2, 0.25) is 0 Å². The SMILES string of the molecule is CCCn1cc(NCc2cc(C(F)(F)F)nn2C)cn1. The molecule has 1 N–H and O–H groups in total. The molecule has 0 spiro atoms. The number of nitrogens with zero attached hydrogens (tertiary/aromatic N) is 4. The lowest BCUT2D eigenvalue weighted by Gasteiger charge is -2.03. The summed E-state index contributed by atoms with van der Waals surface area (Å²) in [5, 5.41) is 10.6. The number of anilines is 1. The second kappa shape index (κ2) is 5.56. The minimum Gasteiger partial charge on any atom is -0.377 e. The van der Waals surface area contributed by atoms with E-state index in [0.717, 1.165) is 24.7 Å². The minimum atomic E-state index is -4.41. The normalized spacial score (nSPS) is 11.8. The molecule has 2 heterocycles. The molecule has 0 bridgehead atoms. The van der Waals surface area contributed by atoms with E-state index in [1.807, 2.05) is 13.1 Å². The van der Waals surface area contributed by atoms with Crippen molar-refractivity contribution < 1.29 is 13.2 Å². The first-order valence-corrected chi connectivity index (χ1v) is 6.26. The van der Waals surface area contributed by atoms with Gasteiger partial charge in [0.05, 0.1) is 24.1 Å². The van der Waals surface area contributed by atoms with Crippen molar-refractivity contribution in [3.63, 3.8) is 0 Å². The Kier molecular flexibility index (Phi) is 4.01. The van der Waals surface area contributed by atoms with Crippen molar-refractivity contribution in [2.24, 2.45) is 7.05 Å². The van der Waals surface area contributed by atoms with E-state index in [0.29, 0.717) is 5.69 Å². The van der Waals surface area contributed by atoms with Gasteiger partial charge < -0.3 is 5.32 Å². The predicted molar refractivity (Wildman–Crippen MR) is 68.1 cm³/mol. The molecule has 5 nitrogen and oxygen atoms in total. The summed E-state index contributed by atoms with van der Waals surface area (Å²) < 4.78 is 40.6. The number of aryl methyl sites for hydroxylation is 2. The van der Waals surface area contributed by atoms with Gasteiger partial charge in [-0.15, -0.1) is 0 Å². The van der Waals surface area contributed by atoms with Crippen LogP contribution in [0.1, 0.15) is 24.7 Å². The summed E-state index contributed by atoms with van der Waals surface area (Å²) in [5.41, 5.74) is 0.354. The van der Waals surface area contributed by atoms with Gasteiger partial charge in [0, 0.05) is 19.8 Å². The van der Waals surface area contributed by atoms with Gasteiger partial charge in [-0.3, -0.25) is 9.36 Å². The molecule has 0 saturated heterocycles. The largest absolute Gasteiger partial charge is 0.435 e. The lowest BCUT2D eigenvalue weighted by Crippen LogP contribution is -2.07. The van der Waals surface area contributed by atoms with Crippen LogP contribution >= 0.6 is 0 Å². The van der Waals surface area contributed by atoms with E-state index in [9.17, 15) is 13.2 Å². The molecule has 0 aliphatic heterocycles. The first kappa shape index (κ1) is 14.4. The Morgan fingerprint density at radius 2 is 2.10 bits per heavy atom. The maximum atomic E-state index is 12.5. The molecule has 0 unspecified atom stereocenters. The van der Waals surface area contributed by atoms with Crippen LogP contribution in [0.5, 0.6) is 0 Å². The molecule has 110 valence electrons. The Labute approximate surface area is 114 Å². The predicted octanol–water partition coefficient (Wildman–Crippen LogP) is 2.66. The molecule has 0 radical (unpaired) electrons. The summed E-state index contributed by atoms with van der Waals surface area (Å²) in [6, 6.07) is 1.05. The Balaban J connectivity index is 2.01. The summed E-state index contributed by atoms with van der Waals surface area (Å²) in [6.45, 7) is 3.12. The highest BCUT2D eigenvalue weighted by atomic mass is 19.4. The molecule has 2 aromatic rings. The van der Waals surface area contributed by atoms with Crippen molar-refractivity contribution in [3.05, 3.63) is 29.8 Å². The van der Waals surface area contributed by atoms with E-state index in [1.54, 1.807) is 10.9 Å². The summed E-state index contributed by atoms with van der Waals surface area (Å²) >= 11 is 0. The molecule has 0 fully saturated rings. The molecular weight excluding hydrogens is 271 g/mol. The third-order valence-corrected chi connectivity index (χ3v) is 2.83. The molecule has 0 aliphatic carbocycles. The van der Waals surface area contributed by atoms with Crippen molar-refractivity contribution in [3.8, 4) is 0 Å². The lowest BCUT2D eigenvalue weighted by atomic mass is 10.3. The van der Waals surface area contributed by atoms with Gasteiger partial charge >= 0.3 is 6.18 Å². The highest BCUT2D eigenvalue weighted by Crippen LogP contribution is 2.28. The van der Waals surface area contributed by atoms with Crippen LogP contribution in [-0.2, 0) is 26.3 Å². The summed E-state index contributed by atoms with van der Waals surface area (Å²) in [4.78, 5) is 0. The van der Waals surface area contributed by atoms with Gasteiger partial charge in [-0.2, -0.15) is 23.4 Å². The fourth-order valence-corrected chi connectivity index (χ4v) is 1.81. The molecule has 20 heavy (non-hydrogen) atoms. The minimum absolute atomic E-state index is 0.261. The van der Waals surface area contributed by atoms with Crippen LogP contribution in [-0.4, -0.2) is 19.6 Å². The van der Waals surface area contributed by atoms with Crippen molar-refractivity contribution in [2.45, 2.75) is 32.6 Å². The number of hydrogen-bond acceptors (Lipinski definition) is 3. The molecule has 2 rings (SSSR count). The van der Waals surface area contributed by atoms with Crippen LogP contribution in [0, 0.1) is 0 Å². The van der Waals surface area contributed by atoms with Crippen molar-refractivity contribution in [2.75, 3.05) is 5.32 Å². The van der Waals surface area contributed by atoms with E-state index in [1.165, 1.54) is 11.7 Å². The van der Waals surface area contributed by atoms with Crippen LogP contribution in [0.15, 0.2) is 18.5 Å². The Hall–Kier alpha value is -1.99. The topological polar surface area (TPSA) is 47.7 Å². The molecule has 2 aromatic heterocycles. The van der Waals surface area contributed by atoms with Crippen molar-refractivity contribution in [1.82, 2.24) is 19.6 Å². The van der Waals surface area contributed by atoms with Gasteiger partial charge in [0.25, 0.3) is 0 Å². The number of rotatable bonds is 5. The van der Waals surface area contributed by atoms with Gasteiger partial charge in [0.15, 0.2) is 5.69 Å². The Bertz CT molecular complexity index is 570. The van der Waals surface area contributed by atoms with Crippen LogP contribution in [0.3, 0.4) is 0 Å². The first-order chi connectivity index (χ1) is 9.40. The van der Waals surface area contributed by atoms with E-state index in [2.05, 4.69) is 15.5 Å². The van der Waals surface area contributed by atoms with E-state index >= 15 is 0 Å². The summed E-state index contributed by atoms with van der Waals surface area (Å²) in [7, 11) is 1.49. The molecule has 0 aromatic carbocycles. The number of halogens is 3. The smallest absolute Gasteiger partial charge is 0.377 e. The second-order valence-electron chi connectivity index (χ2n) is 4.49. The van der Waals surface area contributed by atoms with Crippen LogP contribution in [0.2, 0.25) is 0 Å². The van der Waals surface area contributed by atoms with E-state index in [4.69, 9.17) is 0 Å². The molecular formula is C12H16F3N5. The van der Waals surface area contributed by atoms with Crippen molar-refractivity contribution >= 4 is 5.69 Å². The molecule has 0 saturated carbocycles. The van der Waals surface area contributed by atoms with Crippen molar-refractivity contribution in [1.29, 1.82) is 0 Å². The number of alkyl halides is 3. The van der Waals surface area contributed by atoms with Crippen LogP contribution in [0.25, 0.3) is 0 Å². The first-order valence-electron chi connectivity index (χ1n) is 6.26. The average molecular weight is 287 g/mol. The quantitative estimate of drug-likeness (QED) is 0.919. The maximum Gasteiger partial charge on any atom is 0.435 e. The van der Waals surface area contributed by atoms with E-state index < -0.39 is 11.9 Å². The van der Waals surface area contributed by atoms with Gasteiger partial charge in [-0.05, 0) is 12.5 Å². The fourth-order valence-electron chi connectivity index (χ4n) is 1.81. The highest BCUT2D eigenvalue weighted by molar-refractivity contribution is 5.38. The zero-order valence-corrected chi connectivity index (χ0v) is 11.3. The lowest BCUT2D eigenvalue weighted by molar-refractivity contribution is -0.141. The second-order valence-corrected chi connectivity index (χ2v) is 4.49. The molecule has 8 heteroatoms. The third kappa shape index (κ3) is 3.31.